The van der Waals surface area contributed by atoms with Gasteiger partial charge in [-0.25, -0.2) is 0 Å². The lowest BCUT2D eigenvalue weighted by Gasteiger charge is -2.15. The first-order valence-corrected chi connectivity index (χ1v) is 6.90. The molecule has 1 aliphatic rings. The zero-order valence-electron chi connectivity index (χ0n) is 11.5. The summed E-state index contributed by atoms with van der Waals surface area (Å²) < 4.78 is 10.9. The molecule has 5 heteroatoms. The van der Waals surface area contributed by atoms with Gasteiger partial charge in [0.2, 0.25) is 5.89 Å². The quantitative estimate of drug-likeness (QED) is 0.841. The maximum Gasteiger partial charge on any atom is 0.233 e. The molecule has 0 bridgehead atoms. The maximum atomic E-state index is 5.53. The van der Waals surface area contributed by atoms with Gasteiger partial charge < -0.3 is 14.6 Å². The van der Waals surface area contributed by atoms with Crippen molar-refractivity contribution in [1.82, 2.24) is 15.5 Å². The molecule has 1 aromatic rings. The molecule has 0 saturated carbocycles. The van der Waals surface area contributed by atoms with Gasteiger partial charge in [-0.2, -0.15) is 4.98 Å². The highest BCUT2D eigenvalue weighted by atomic mass is 16.5. The smallest absolute Gasteiger partial charge is 0.233 e. The SMILES string of the molecule is CCCNC1COCC1c1nc(C(C)CC)no1. The average molecular weight is 253 g/mol. The summed E-state index contributed by atoms with van der Waals surface area (Å²) in [6, 6.07) is 0.301. The molecule has 1 fully saturated rings. The molecule has 1 N–H and O–H groups in total. The summed E-state index contributed by atoms with van der Waals surface area (Å²) in [6.07, 6.45) is 2.14. The van der Waals surface area contributed by atoms with Crippen molar-refractivity contribution < 1.29 is 9.26 Å². The van der Waals surface area contributed by atoms with E-state index in [2.05, 4.69) is 36.2 Å². The molecule has 2 heterocycles. The molecule has 3 unspecified atom stereocenters. The van der Waals surface area contributed by atoms with Crippen molar-refractivity contribution in [3.05, 3.63) is 11.7 Å². The summed E-state index contributed by atoms with van der Waals surface area (Å²) in [7, 11) is 0. The van der Waals surface area contributed by atoms with Crippen molar-refractivity contribution in [2.45, 2.75) is 51.5 Å². The van der Waals surface area contributed by atoms with Crippen LogP contribution in [0.4, 0.5) is 0 Å². The molecule has 1 aliphatic heterocycles. The number of ether oxygens (including phenoxy) is 1. The molecule has 0 aromatic carbocycles. The monoisotopic (exact) mass is 253 g/mol. The van der Waals surface area contributed by atoms with Gasteiger partial charge in [0.05, 0.1) is 19.1 Å². The fraction of sp³-hybridized carbons (Fsp3) is 0.846. The fourth-order valence-corrected chi connectivity index (χ4v) is 2.11. The molecule has 5 nitrogen and oxygen atoms in total. The lowest BCUT2D eigenvalue weighted by atomic mass is 10.0. The zero-order valence-corrected chi connectivity index (χ0v) is 11.5. The molecule has 1 aromatic heterocycles. The fourth-order valence-electron chi connectivity index (χ4n) is 2.11. The van der Waals surface area contributed by atoms with Crippen LogP contribution in [0.2, 0.25) is 0 Å². The third-order valence-electron chi connectivity index (χ3n) is 3.56. The minimum Gasteiger partial charge on any atom is -0.379 e. The van der Waals surface area contributed by atoms with Crippen molar-refractivity contribution in [2.75, 3.05) is 19.8 Å². The van der Waals surface area contributed by atoms with Crippen molar-refractivity contribution in [3.63, 3.8) is 0 Å². The Morgan fingerprint density at radius 2 is 2.22 bits per heavy atom. The molecule has 18 heavy (non-hydrogen) atoms. The Kier molecular flexibility index (Phi) is 4.72. The topological polar surface area (TPSA) is 60.2 Å². The molecule has 0 amide bonds. The first-order chi connectivity index (χ1) is 8.76. The minimum absolute atomic E-state index is 0.196. The Labute approximate surface area is 108 Å². The minimum atomic E-state index is 0.196. The summed E-state index contributed by atoms with van der Waals surface area (Å²) in [5.41, 5.74) is 0. The van der Waals surface area contributed by atoms with Crippen LogP contribution in [0, 0.1) is 0 Å². The van der Waals surface area contributed by atoms with E-state index in [0.29, 0.717) is 18.6 Å². The maximum absolute atomic E-state index is 5.53. The average Bonchev–Trinajstić information content (AvgIpc) is 3.03. The van der Waals surface area contributed by atoms with Crippen molar-refractivity contribution in [2.24, 2.45) is 0 Å². The van der Waals surface area contributed by atoms with Crippen LogP contribution in [0.3, 0.4) is 0 Å². The first-order valence-electron chi connectivity index (χ1n) is 6.90. The third-order valence-corrected chi connectivity index (χ3v) is 3.56. The summed E-state index contributed by atoms with van der Waals surface area (Å²) in [5, 5.41) is 7.56. The zero-order chi connectivity index (χ0) is 13.0. The predicted molar refractivity (Wildman–Crippen MR) is 68.6 cm³/mol. The Hall–Kier alpha value is -0.940. The summed E-state index contributed by atoms with van der Waals surface area (Å²) in [6.45, 7) is 8.80. The van der Waals surface area contributed by atoms with E-state index < -0.39 is 0 Å². The van der Waals surface area contributed by atoms with Crippen molar-refractivity contribution in [3.8, 4) is 0 Å². The van der Waals surface area contributed by atoms with Gasteiger partial charge in [-0.15, -0.1) is 0 Å². The van der Waals surface area contributed by atoms with Crippen LogP contribution in [0.25, 0.3) is 0 Å². The second kappa shape index (κ2) is 6.29. The van der Waals surface area contributed by atoms with Crippen LogP contribution in [-0.4, -0.2) is 35.9 Å². The largest absolute Gasteiger partial charge is 0.379 e. The Balaban J connectivity index is 2.03. The number of rotatable bonds is 6. The molecule has 3 atom stereocenters. The number of hydrogen-bond donors (Lipinski definition) is 1. The van der Waals surface area contributed by atoms with E-state index in [9.17, 15) is 0 Å². The van der Waals surface area contributed by atoms with Crippen molar-refractivity contribution >= 4 is 0 Å². The van der Waals surface area contributed by atoms with Gasteiger partial charge in [0.15, 0.2) is 5.82 Å². The standard InChI is InChI=1S/C13H23N3O2/c1-4-6-14-11-8-17-7-10(11)13-15-12(16-18-13)9(3)5-2/h9-11,14H,4-8H2,1-3H3. The van der Waals surface area contributed by atoms with E-state index in [1.807, 2.05) is 0 Å². The van der Waals surface area contributed by atoms with E-state index in [1.165, 1.54) is 0 Å². The van der Waals surface area contributed by atoms with Gasteiger partial charge >= 0.3 is 0 Å². The second-order valence-electron chi connectivity index (χ2n) is 5.00. The third kappa shape index (κ3) is 2.90. The van der Waals surface area contributed by atoms with Gasteiger partial charge in [-0.05, 0) is 19.4 Å². The molecule has 0 spiro atoms. The molecule has 0 aliphatic carbocycles. The summed E-state index contributed by atoms with van der Waals surface area (Å²) >= 11 is 0. The number of aromatic nitrogens is 2. The molecule has 0 radical (unpaired) electrons. The first kappa shape index (κ1) is 13.5. The van der Waals surface area contributed by atoms with Crippen LogP contribution in [-0.2, 0) is 4.74 Å². The van der Waals surface area contributed by atoms with Crippen LogP contribution < -0.4 is 5.32 Å². The Morgan fingerprint density at radius 3 is 2.94 bits per heavy atom. The second-order valence-corrected chi connectivity index (χ2v) is 5.00. The molecule has 102 valence electrons. The molecule has 2 rings (SSSR count). The molecule has 1 saturated heterocycles. The number of nitrogens with zero attached hydrogens (tertiary/aromatic N) is 2. The van der Waals surface area contributed by atoms with Gasteiger partial charge in [0.1, 0.15) is 0 Å². The van der Waals surface area contributed by atoms with Crippen LogP contribution in [0.15, 0.2) is 4.52 Å². The van der Waals surface area contributed by atoms with Gasteiger partial charge in [0.25, 0.3) is 0 Å². The molecular weight excluding hydrogens is 230 g/mol. The normalized spacial score (nSPS) is 25.5. The lowest BCUT2D eigenvalue weighted by Crippen LogP contribution is -2.35. The predicted octanol–water partition coefficient (Wildman–Crippen LogP) is 2.07. The highest BCUT2D eigenvalue weighted by molar-refractivity contribution is 5.04. The van der Waals surface area contributed by atoms with E-state index in [0.717, 1.165) is 37.7 Å². The van der Waals surface area contributed by atoms with Crippen LogP contribution in [0.5, 0.6) is 0 Å². The lowest BCUT2D eigenvalue weighted by molar-refractivity contribution is 0.184. The van der Waals surface area contributed by atoms with Gasteiger partial charge in [-0.1, -0.05) is 25.9 Å². The van der Waals surface area contributed by atoms with Gasteiger partial charge in [-0.3, -0.25) is 0 Å². The van der Waals surface area contributed by atoms with Gasteiger partial charge in [0, 0.05) is 12.0 Å². The highest BCUT2D eigenvalue weighted by Gasteiger charge is 2.33. The molecular formula is C13H23N3O2. The number of hydrogen-bond acceptors (Lipinski definition) is 5. The summed E-state index contributed by atoms with van der Waals surface area (Å²) in [4.78, 5) is 4.52. The Morgan fingerprint density at radius 1 is 1.39 bits per heavy atom. The van der Waals surface area contributed by atoms with E-state index in [-0.39, 0.29) is 5.92 Å². The van der Waals surface area contributed by atoms with Crippen LogP contribution >= 0.6 is 0 Å². The Bertz CT molecular complexity index is 367. The number of nitrogens with one attached hydrogen (secondary N) is 1. The van der Waals surface area contributed by atoms with E-state index >= 15 is 0 Å². The van der Waals surface area contributed by atoms with E-state index in [4.69, 9.17) is 9.26 Å². The van der Waals surface area contributed by atoms with E-state index in [1.54, 1.807) is 0 Å². The summed E-state index contributed by atoms with van der Waals surface area (Å²) in [5.74, 6) is 2.08. The van der Waals surface area contributed by atoms with Crippen molar-refractivity contribution in [1.29, 1.82) is 0 Å². The highest BCUT2D eigenvalue weighted by Crippen LogP contribution is 2.26. The van der Waals surface area contributed by atoms with Crippen LogP contribution in [0.1, 0.15) is 57.2 Å².